The first-order valence-electron chi connectivity index (χ1n) is 11.5. The minimum atomic E-state index is -4.42. The Morgan fingerprint density at radius 1 is 1.00 bits per heavy atom. The van der Waals surface area contributed by atoms with Crippen LogP contribution in [0.25, 0.3) is 0 Å². The molecule has 1 N–H and O–H groups in total. The molecule has 0 heterocycles. The highest BCUT2D eigenvalue weighted by Crippen LogP contribution is 2.18. The molecule has 8 nitrogen and oxygen atoms in total. The lowest BCUT2D eigenvalue weighted by molar-refractivity contribution is -0.174. The van der Waals surface area contributed by atoms with Gasteiger partial charge in [0.05, 0.1) is 6.54 Å². The number of hydrogen-bond donors (Lipinski definition) is 1. The molecule has 2 aromatic rings. The van der Waals surface area contributed by atoms with Crippen LogP contribution in [0.3, 0.4) is 0 Å². The van der Waals surface area contributed by atoms with Crippen LogP contribution >= 0.6 is 11.6 Å². The molecule has 12 heteroatoms. The summed E-state index contributed by atoms with van der Waals surface area (Å²) in [7, 11) is 0. The first kappa shape index (κ1) is 30.2. The van der Waals surface area contributed by atoms with E-state index in [0.717, 1.165) is 5.56 Å². The van der Waals surface area contributed by atoms with Gasteiger partial charge in [-0.05, 0) is 55.3 Å². The van der Waals surface area contributed by atoms with Crippen molar-refractivity contribution >= 4 is 23.7 Å². The smallest absolute Gasteiger partial charge is 0.415 e. The number of ether oxygens (including phenoxy) is 4. The molecule has 0 aliphatic carbocycles. The van der Waals surface area contributed by atoms with E-state index in [0.29, 0.717) is 10.8 Å². The summed E-state index contributed by atoms with van der Waals surface area (Å²) in [6.45, 7) is 0.708. The van der Waals surface area contributed by atoms with Gasteiger partial charge < -0.3 is 29.0 Å². The van der Waals surface area contributed by atoms with Crippen molar-refractivity contribution in [3.8, 4) is 11.5 Å². The fourth-order valence-corrected chi connectivity index (χ4v) is 3.26. The minimum absolute atomic E-state index is 0.0785. The predicted octanol–water partition coefficient (Wildman–Crippen LogP) is 5.22. The molecule has 204 valence electrons. The van der Waals surface area contributed by atoms with E-state index in [4.69, 9.17) is 25.8 Å². The molecule has 2 aromatic carbocycles. The molecular formula is C25H29ClF3NO7. The second-order valence-corrected chi connectivity index (χ2v) is 8.25. The first-order chi connectivity index (χ1) is 17.6. The van der Waals surface area contributed by atoms with E-state index in [2.05, 4.69) is 4.74 Å². The molecule has 0 aliphatic rings. The van der Waals surface area contributed by atoms with E-state index in [9.17, 15) is 27.9 Å². The van der Waals surface area contributed by atoms with Crippen LogP contribution in [-0.4, -0.2) is 73.9 Å². The van der Waals surface area contributed by atoms with Crippen LogP contribution in [0.4, 0.5) is 18.0 Å². The number of alkyl halides is 3. The normalized spacial score (nSPS) is 12.1. The maximum atomic E-state index is 12.7. The van der Waals surface area contributed by atoms with Crippen molar-refractivity contribution in [1.82, 2.24) is 4.90 Å². The quantitative estimate of drug-likeness (QED) is 0.305. The van der Waals surface area contributed by atoms with Crippen molar-refractivity contribution in [3.63, 3.8) is 0 Å². The van der Waals surface area contributed by atoms with E-state index in [1.165, 1.54) is 17.0 Å². The zero-order valence-corrected chi connectivity index (χ0v) is 21.0. The standard InChI is InChI=1S/C25H29ClF3NO7/c1-2-35-22(23(31)32)16-18-4-8-20(9-5-18)36-15-13-30(12-3-14-34-17-25(27,28)29)24(33)37-21-10-6-19(26)7-11-21/h4-11,22H,2-3,12-17H2,1H3,(H,31,32). The average Bonchev–Trinajstić information content (AvgIpc) is 2.84. The third-order valence-electron chi connectivity index (χ3n) is 4.88. The number of nitrogens with zero attached hydrogens (tertiary/aromatic N) is 1. The Labute approximate surface area is 217 Å². The fourth-order valence-electron chi connectivity index (χ4n) is 3.14. The second-order valence-electron chi connectivity index (χ2n) is 7.81. The zero-order valence-electron chi connectivity index (χ0n) is 20.2. The van der Waals surface area contributed by atoms with Crippen LogP contribution in [0.15, 0.2) is 48.5 Å². The van der Waals surface area contributed by atoms with E-state index in [1.54, 1.807) is 43.3 Å². The molecule has 1 atom stereocenters. The van der Waals surface area contributed by atoms with Gasteiger partial charge >= 0.3 is 18.2 Å². The van der Waals surface area contributed by atoms with Gasteiger partial charge in [0.25, 0.3) is 0 Å². The maximum absolute atomic E-state index is 12.7. The molecule has 0 aliphatic heterocycles. The van der Waals surface area contributed by atoms with Crippen molar-refractivity contribution in [2.45, 2.75) is 32.0 Å². The van der Waals surface area contributed by atoms with Crippen molar-refractivity contribution in [1.29, 1.82) is 0 Å². The molecule has 0 fully saturated rings. The predicted molar refractivity (Wildman–Crippen MR) is 129 cm³/mol. The van der Waals surface area contributed by atoms with E-state index >= 15 is 0 Å². The average molecular weight is 548 g/mol. The minimum Gasteiger partial charge on any atom is -0.492 e. The Morgan fingerprint density at radius 2 is 1.65 bits per heavy atom. The van der Waals surface area contributed by atoms with Crippen molar-refractivity contribution in [3.05, 3.63) is 59.1 Å². The lowest BCUT2D eigenvalue weighted by Crippen LogP contribution is -2.38. The summed E-state index contributed by atoms with van der Waals surface area (Å²) in [4.78, 5) is 25.2. The first-order valence-corrected chi connectivity index (χ1v) is 11.9. The Bertz CT molecular complexity index is 972. The van der Waals surface area contributed by atoms with Crippen molar-refractivity contribution in [2.24, 2.45) is 0 Å². The Morgan fingerprint density at radius 3 is 2.24 bits per heavy atom. The molecule has 0 radical (unpaired) electrons. The maximum Gasteiger partial charge on any atom is 0.415 e. The summed E-state index contributed by atoms with van der Waals surface area (Å²) in [5.41, 5.74) is 0.750. The Balaban J connectivity index is 1.90. The van der Waals surface area contributed by atoms with Crippen molar-refractivity contribution in [2.75, 3.05) is 39.5 Å². The van der Waals surface area contributed by atoms with Crippen LogP contribution in [0.2, 0.25) is 5.02 Å². The number of carboxylic acid groups (broad SMARTS) is 1. The van der Waals surface area contributed by atoms with Crippen LogP contribution in [0.5, 0.6) is 11.5 Å². The molecule has 0 bridgehead atoms. The number of carboxylic acids is 1. The number of amides is 1. The number of benzene rings is 2. The molecule has 0 saturated carbocycles. The molecule has 37 heavy (non-hydrogen) atoms. The highest BCUT2D eigenvalue weighted by Gasteiger charge is 2.27. The van der Waals surface area contributed by atoms with Crippen LogP contribution < -0.4 is 9.47 Å². The number of hydrogen-bond acceptors (Lipinski definition) is 6. The molecule has 0 spiro atoms. The van der Waals surface area contributed by atoms with Crippen LogP contribution in [-0.2, 0) is 20.7 Å². The van der Waals surface area contributed by atoms with Gasteiger partial charge in [-0.25, -0.2) is 9.59 Å². The third kappa shape index (κ3) is 12.2. The van der Waals surface area contributed by atoms with Gasteiger partial charge in [0.15, 0.2) is 6.10 Å². The number of carbonyl (C=O) groups excluding carboxylic acids is 1. The topological polar surface area (TPSA) is 94.5 Å². The van der Waals surface area contributed by atoms with Gasteiger partial charge in [0.2, 0.25) is 0 Å². The van der Waals surface area contributed by atoms with Crippen molar-refractivity contribution < 1.29 is 46.8 Å². The number of aliphatic carboxylic acids is 1. The Hall–Kier alpha value is -3.02. The molecule has 2 rings (SSSR count). The molecule has 0 saturated heterocycles. The Kier molecular flexibility index (Phi) is 12.5. The highest BCUT2D eigenvalue weighted by molar-refractivity contribution is 6.30. The number of carbonyl (C=O) groups is 2. The number of halogens is 4. The SMILES string of the molecule is CCOC(Cc1ccc(OCCN(CCCOCC(F)(F)F)C(=O)Oc2ccc(Cl)cc2)cc1)C(=O)O. The summed E-state index contributed by atoms with van der Waals surface area (Å²) in [6, 6.07) is 12.9. The van der Waals surface area contributed by atoms with Gasteiger partial charge in [-0.3, -0.25) is 0 Å². The van der Waals surface area contributed by atoms with E-state index in [-0.39, 0.29) is 51.5 Å². The van der Waals surface area contributed by atoms with Gasteiger partial charge in [-0.2, -0.15) is 13.2 Å². The van der Waals surface area contributed by atoms with E-state index in [1.807, 2.05) is 0 Å². The fraction of sp³-hybridized carbons (Fsp3) is 0.440. The third-order valence-corrected chi connectivity index (χ3v) is 5.13. The molecule has 1 amide bonds. The van der Waals surface area contributed by atoms with Gasteiger partial charge in [0, 0.05) is 31.2 Å². The summed E-state index contributed by atoms with van der Waals surface area (Å²) >= 11 is 5.84. The summed E-state index contributed by atoms with van der Waals surface area (Å²) in [5.74, 6) is -0.293. The summed E-state index contributed by atoms with van der Waals surface area (Å²) in [6.07, 6.45) is -5.71. The lowest BCUT2D eigenvalue weighted by atomic mass is 10.1. The summed E-state index contributed by atoms with van der Waals surface area (Å²) in [5, 5.41) is 9.68. The zero-order chi connectivity index (χ0) is 27.3. The second kappa shape index (κ2) is 15.3. The van der Waals surface area contributed by atoms with Crippen LogP contribution in [0, 0.1) is 0 Å². The molecule has 1 unspecified atom stereocenters. The van der Waals surface area contributed by atoms with Gasteiger partial charge in [-0.1, -0.05) is 23.7 Å². The number of rotatable bonds is 15. The largest absolute Gasteiger partial charge is 0.492 e. The molecular weight excluding hydrogens is 519 g/mol. The highest BCUT2D eigenvalue weighted by atomic mass is 35.5. The summed E-state index contributed by atoms with van der Waals surface area (Å²) < 4.78 is 57.6. The van der Waals surface area contributed by atoms with E-state index < -0.39 is 30.9 Å². The lowest BCUT2D eigenvalue weighted by Gasteiger charge is -2.22. The van der Waals surface area contributed by atoms with Gasteiger partial charge in [0.1, 0.15) is 24.7 Å². The van der Waals surface area contributed by atoms with Crippen LogP contribution in [0.1, 0.15) is 18.9 Å². The van der Waals surface area contributed by atoms with Gasteiger partial charge in [-0.15, -0.1) is 0 Å². The molecule has 0 aromatic heterocycles. The monoisotopic (exact) mass is 547 g/mol.